The molecule has 162 valence electrons. The highest BCUT2D eigenvalue weighted by Crippen LogP contribution is 2.40. The van der Waals surface area contributed by atoms with Gasteiger partial charge in [0, 0.05) is 18.9 Å². The predicted octanol–water partition coefficient (Wildman–Crippen LogP) is 3.57. The van der Waals surface area contributed by atoms with Crippen molar-refractivity contribution in [3.63, 3.8) is 0 Å². The molecule has 1 fully saturated rings. The lowest BCUT2D eigenvalue weighted by Gasteiger charge is -2.24. The minimum atomic E-state index is -3.42. The smallest absolute Gasteiger partial charge is 0.226 e. The summed E-state index contributed by atoms with van der Waals surface area (Å²) in [6, 6.07) is 4.94. The van der Waals surface area contributed by atoms with Gasteiger partial charge in [-0.25, -0.2) is 18.4 Å². The summed E-state index contributed by atoms with van der Waals surface area (Å²) in [5.41, 5.74) is 0.859. The Labute approximate surface area is 184 Å². The van der Waals surface area contributed by atoms with Gasteiger partial charge in [-0.05, 0) is 42.4 Å². The van der Waals surface area contributed by atoms with Crippen molar-refractivity contribution in [2.75, 3.05) is 17.8 Å². The molecule has 2 atom stereocenters. The standard InChI is InChI=1S/C20H24ClN3O4S2/c1-29(26)20-12-22-18(11-23-20)24-19(25)10-15(13-5-3-4-6-13)14-7-8-17(16(21)9-14)30(2,27)28/h7-9,11-13,15H,3-6,10H2,1-2H3,(H,22,24,25)/t15-,29-/m1/s1. The summed E-state index contributed by atoms with van der Waals surface area (Å²) < 4.78 is 35.1. The van der Waals surface area contributed by atoms with Crippen LogP contribution >= 0.6 is 11.6 Å². The number of carbonyl (C=O) groups excluding carboxylic acids is 1. The zero-order valence-electron chi connectivity index (χ0n) is 16.8. The van der Waals surface area contributed by atoms with Gasteiger partial charge in [0.05, 0.1) is 33.1 Å². The minimum Gasteiger partial charge on any atom is -0.309 e. The summed E-state index contributed by atoms with van der Waals surface area (Å²) in [5, 5.41) is 3.26. The summed E-state index contributed by atoms with van der Waals surface area (Å²) in [6.45, 7) is 0. The molecule has 1 aliphatic carbocycles. The van der Waals surface area contributed by atoms with Gasteiger partial charge < -0.3 is 5.32 Å². The molecule has 1 amide bonds. The molecule has 0 spiro atoms. The van der Waals surface area contributed by atoms with E-state index in [1.165, 1.54) is 24.7 Å². The quantitative estimate of drug-likeness (QED) is 0.664. The number of rotatable bonds is 7. The van der Waals surface area contributed by atoms with Crippen molar-refractivity contribution in [1.29, 1.82) is 0 Å². The Morgan fingerprint density at radius 1 is 1.27 bits per heavy atom. The first-order valence-electron chi connectivity index (χ1n) is 9.60. The molecule has 3 rings (SSSR count). The fourth-order valence-corrected chi connectivity index (χ4v) is 5.63. The Bertz CT molecular complexity index is 1050. The lowest BCUT2D eigenvalue weighted by Crippen LogP contribution is -2.20. The summed E-state index contributed by atoms with van der Waals surface area (Å²) in [4.78, 5) is 20.9. The summed E-state index contributed by atoms with van der Waals surface area (Å²) >= 11 is 6.25. The highest BCUT2D eigenvalue weighted by atomic mass is 35.5. The number of sulfone groups is 1. The number of hydrogen-bond donors (Lipinski definition) is 1. The maximum atomic E-state index is 12.7. The second kappa shape index (κ2) is 9.53. The molecule has 7 nitrogen and oxygen atoms in total. The number of benzene rings is 1. The zero-order valence-corrected chi connectivity index (χ0v) is 19.2. The number of anilines is 1. The maximum absolute atomic E-state index is 12.7. The van der Waals surface area contributed by atoms with Gasteiger partial charge in [-0.3, -0.25) is 9.00 Å². The third-order valence-electron chi connectivity index (χ3n) is 5.35. The Balaban J connectivity index is 1.80. The average Bonchev–Trinajstić information content (AvgIpc) is 3.20. The summed E-state index contributed by atoms with van der Waals surface area (Å²) in [5.74, 6) is 0.334. The SMILES string of the molecule is C[S@@](=O)c1cnc(NC(=O)C[C@@H](c2ccc(S(C)(=O)=O)c(Cl)c2)C2CCCC2)cn1. The van der Waals surface area contributed by atoms with Crippen molar-refractivity contribution < 1.29 is 17.4 Å². The number of aromatic nitrogens is 2. The van der Waals surface area contributed by atoms with E-state index in [0.29, 0.717) is 16.8 Å². The molecule has 1 saturated carbocycles. The molecule has 0 bridgehead atoms. The van der Waals surface area contributed by atoms with Gasteiger partial charge in [-0.2, -0.15) is 0 Å². The van der Waals surface area contributed by atoms with Crippen LogP contribution in [-0.4, -0.2) is 41.0 Å². The molecule has 1 N–H and O–H groups in total. The van der Waals surface area contributed by atoms with Crippen LogP contribution in [0.3, 0.4) is 0 Å². The molecule has 1 aromatic heterocycles. The van der Waals surface area contributed by atoms with E-state index in [1.807, 2.05) is 0 Å². The molecule has 0 unspecified atom stereocenters. The van der Waals surface area contributed by atoms with Gasteiger partial charge in [0.1, 0.15) is 5.03 Å². The molecule has 1 heterocycles. The number of nitrogens with zero attached hydrogens (tertiary/aromatic N) is 2. The second-order valence-corrected chi connectivity index (χ2v) is 11.3. The first kappa shape index (κ1) is 22.8. The van der Waals surface area contributed by atoms with E-state index in [0.717, 1.165) is 37.5 Å². The molecule has 0 saturated heterocycles. The van der Waals surface area contributed by atoms with E-state index >= 15 is 0 Å². The highest BCUT2D eigenvalue weighted by Gasteiger charge is 2.29. The summed E-state index contributed by atoms with van der Waals surface area (Å²) in [7, 11) is -4.65. The van der Waals surface area contributed by atoms with E-state index in [4.69, 9.17) is 11.6 Å². The van der Waals surface area contributed by atoms with Crippen molar-refractivity contribution in [2.24, 2.45) is 5.92 Å². The van der Waals surface area contributed by atoms with Crippen LogP contribution in [-0.2, 0) is 25.4 Å². The number of carbonyl (C=O) groups is 1. The van der Waals surface area contributed by atoms with Crippen LogP contribution in [0.4, 0.5) is 5.82 Å². The van der Waals surface area contributed by atoms with Crippen molar-refractivity contribution in [3.05, 3.63) is 41.2 Å². The number of halogens is 1. The zero-order chi connectivity index (χ0) is 21.9. The molecule has 1 aliphatic rings. The highest BCUT2D eigenvalue weighted by molar-refractivity contribution is 7.90. The van der Waals surface area contributed by atoms with Gasteiger partial charge in [0.2, 0.25) is 5.91 Å². The lowest BCUT2D eigenvalue weighted by atomic mass is 9.82. The van der Waals surface area contributed by atoms with Gasteiger partial charge in [0.15, 0.2) is 15.7 Å². The van der Waals surface area contributed by atoms with Crippen molar-refractivity contribution in [3.8, 4) is 0 Å². The normalized spacial score (nSPS) is 16.9. The molecule has 10 heteroatoms. The predicted molar refractivity (Wildman–Crippen MR) is 117 cm³/mol. The monoisotopic (exact) mass is 469 g/mol. The van der Waals surface area contributed by atoms with Gasteiger partial charge in [0.25, 0.3) is 0 Å². The molecule has 1 aromatic carbocycles. The fourth-order valence-electron chi connectivity index (χ4n) is 3.89. The van der Waals surface area contributed by atoms with Crippen LogP contribution < -0.4 is 5.32 Å². The Hall–Kier alpha value is -1.84. The Morgan fingerprint density at radius 3 is 2.50 bits per heavy atom. The minimum absolute atomic E-state index is 0.0750. The van der Waals surface area contributed by atoms with Crippen molar-refractivity contribution >= 4 is 44.0 Å². The topological polar surface area (TPSA) is 106 Å². The molecule has 0 radical (unpaired) electrons. The third-order valence-corrected chi connectivity index (χ3v) is 7.73. The number of nitrogens with one attached hydrogen (secondary N) is 1. The van der Waals surface area contributed by atoms with Crippen LogP contribution in [0.2, 0.25) is 5.02 Å². The maximum Gasteiger partial charge on any atom is 0.226 e. The number of hydrogen-bond acceptors (Lipinski definition) is 6. The van der Waals surface area contributed by atoms with Crippen molar-refractivity contribution in [2.45, 2.75) is 47.9 Å². The largest absolute Gasteiger partial charge is 0.309 e. The first-order valence-corrected chi connectivity index (χ1v) is 13.4. The van der Waals surface area contributed by atoms with Gasteiger partial charge in [-0.1, -0.05) is 30.5 Å². The second-order valence-electron chi connectivity index (χ2n) is 7.56. The molecular formula is C20H24ClN3O4S2. The van der Waals surface area contributed by atoms with Crippen LogP contribution in [0.5, 0.6) is 0 Å². The Morgan fingerprint density at radius 2 is 1.97 bits per heavy atom. The average molecular weight is 470 g/mol. The van der Waals surface area contributed by atoms with E-state index in [9.17, 15) is 17.4 Å². The fraction of sp³-hybridized carbons (Fsp3) is 0.450. The Kier molecular flexibility index (Phi) is 7.26. The lowest BCUT2D eigenvalue weighted by molar-refractivity contribution is -0.116. The van der Waals surface area contributed by atoms with E-state index in [-0.39, 0.29) is 28.2 Å². The van der Waals surface area contributed by atoms with E-state index < -0.39 is 20.6 Å². The van der Waals surface area contributed by atoms with Crippen LogP contribution in [0.25, 0.3) is 0 Å². The van der Waals surface area contributed by atoms with Gasteiger partial charge >= 0.3 is 0 Å². The van der Waals surface area contributed by atoms with Crippen LogP contribution in [0, 0.1) is 5.92 Å². The summed E-state index contributed by atoms with van der Waals surface area (Å²) in [6.07, 6.45) is 9.87. The van der Waals surface area contributed by atoms with Crippen LogP contribution in [0.1, 0.15) is 43.6 Å². The molecule has 30 heavy (non-hydrogen) atoms. The van der Waals surface area contributed by atoms with Gasteiger partial charge in [-0.15, -0.1) is 0 Å². The van der Waals surface area contributed by atoms with E-state index in [1.54, 1.807) is 12.1 Å². The van der Waals surface area contributed by atoms with Crippen molar-refractivity contribution in [1.82, 2.24) is 9.97 Å². The molecule has 0 aliphatic heterocycles. The third kappa shape index (κ3) is 5.65. The first-order chi connectivity index (χ1) is 14.1. The molecule has 2 aromatic rings. The number of amides is 1. The van der Waals surface area contributed by atoms with Crippen LogP contribution in [0.15, 0.2) is 40.5 Å². The molecular weight excluding hydrogens is 446 g/mol. The van der Waals surface area contributed by atoms with E-state index in [2.05, 4.69) is 15.3 Å².